The second-order valence-corrected chi connectivity index (χ2v) is 6.45. The van der Waals surface area contributed by atoms with Crippen LogP contribution in [-0.2, 0) is 16.1 Å². The molecule has 4 rings (SSSR count). The maximum Gasteiger partial charge on any atom is 0.255 e. The molecule has 0 aliphatic carbocycles. The maximum absolute atomic E-state index is 12.9. The first-order valence-corrected chi connectivity index (χ1v) is 8.66. The predicted molar refractivity (Wildman–Crippen MR) is 90.8 cm³/mol. The summed E-state index contributed by atoms with van der Waals surface area (Å²) in [6.07, 6.45) is 8.56. The summed E-state index contributed by atoms with van der Waals surface area (Å²) < 4.78 is 12.1. The van der Waals surface area contributed by atoms with Gasteiger partial charge in [0.25, 0.3) is 5.91 Å². The lowest BCUT2D eigenvalue weighted by Gasteiger charge is -2.32. The average molecular weight is 339 g/mol. The third-order valence-electron chi connectivity index (χ3n) is 4.83. The highest BCUT2D eigenvalue weighted by Gasteiger charge is 2.46. The second kappa shape index (κ2) is 7.29. The first-order valence-electron chi connectivity index (χ1n) is 8.66. The zero-order valence-electron chi connectivity index (χ0n) is 14.0. The Balaban J connectivity index is 1.48. The van der Waals surface area contributed by atoms with Gasteiger partial charge in [-0.3, -0.25) is 14.8 Å². The van der Waals surface area contributed by atoms with Crippen LogP contribution in [0.25, 0.3) is 0 Å². The Morgan fingerprint density at radius 1 is 1.24 bits per heavy atom. The van der Waals surface area contributed by atoms with Crippen molar-refractivity contribution < 1.29 is 14.3 Å². The molecule has 130 valence electrons. The first-order chi connectivity index (χ1) is 12.3. The number of fused-ring (bicyclic) bond motifs is 1. The molecule has 3 atom stereocenters. The molecule has 0 saturated carbocycles. The summed E-state index contributed by atoms with van der Waals surface area (Å²) in [7, 11) is 0. The second-order valence-electron chi connectivity index (χ2n) is 6.45. The lowest BCUT2D eigenvalue weighted by atomic mass is 10.0. The fourth-order valence-electron chi connectivity index (χ4n) is 3.63. The number of pyridine rings is 2. The summed E-state index contributed by atoms with van der Waals surface area (Å²) >= 11 is 0. The molecule has 0 unspecified atom stereocenters. The Kier molecular flexibility index (Phi) is 4.72. The molecule has 2 aliphatic heterocycles. The third kappa shape index (κ3) is 3.41. The van der Waals surface area contributed by atoms with Crippen molar-refractivity contribution in [2.75, 3.05) is 13.2 Å². The zero-order valence-corrected chi connectivity index (χ0v) is 14.0. The Bertz CT molecular complexity index is 710. The summed E-state index contributed by atoms with van der Waals surface area (Å²) in [6.45, 7) is 1.74. The minimum Gasteiger partial charge on any atom is -0.373 e. The molecular formula is C19H21N3O3. The number of amides is 1. The molecule has 6 heteroatoms. The van der Waals surface area contributed by atoms with Crippen molar-refractivity contribution in [3.63, 3.8) is 0 Å². The lowest BCUT2D eigenvalue weighted by Crippen LogP contribution is -2.43. The zero-order chi connectivity index (χ0) is 17.1. The molecule has 0 spiro atoms. The molecule has 4 heterocycles. The van der Waals surface area contributed by atoms with E-state index in [0.717, 1.165) is 25.0 Å². The van der Waals surface area contributed by atoms with E-state index in [9.17, 15) is 4.79 Å². The van der Waals surface area contributed by atoms with Crippen molar-refractivity contribution in [3.8, 4) is 0 Å². The van der Waals surface area contributed by atoms with Gasteiger partial charge >= 0.3 is 0 Å². The van der Waals surface area contributed by atoms with Gasteiger partial charge in [0.15, 0.2) is 0 Å². The molecule has 6 nitrogen and oxygen atoms in total. The van der Waals surface area contributed by atoms with Crippen LogP contribution in [0, 0.1) is 0 Å². The van der Waals surface area contributed by atoms with Crippen LogP contribution in [0.4, 0.5) is 0 Å². The number of hydrogen-bond acceptors (Lipinski definition) is 5. The van der Waals surface area contributed by atoms with Gasteiger partial charge in [0, 0.05) is 31.4 Å². The molecule has 1 amide bonds. The molecule has 2 fully saturated rings. The van der Waals surface area contributed by atoms with Crippen LogP contribution >= 0.6 is 0 Å². The van der Waals surface area contributed by atoms with Gasteiger partial charge in [-0.25, -0.2) is 0 Å². The maximum atomic E-state index is 12.9. The highest BCUT2D eigenvalue weighted by atomic mass is 16.5. The van der Waals surface area contributed by atoms with E-state index < -0.39 is 0 Å². The fourth-order valence-corrected chi connectivity index (χ4v) is 3.63. The normalized spacial score (nSPS) is 25.6. The van der Waals surface area contributed by atoms with Crippen LogP contribution in [0.1, 0.15) is 28.8 Å². The third-order valence-corrected chi connectivity index (χ3v) is 4.83. The van der Waals surface area contributed by atoms with Crippen molar-refractivity contribution in [2.45, 2.75) is 37.7 Å². The lowest BCUT2D eigenvalue weighted by molar-refractivity contribution is -0.0810. The van der Waals surface area contributed by atoms with Crippen LogP contribution in [0.2, 0.25) is 0 Å². The summed E-state index contributed by atoms with van der Waals surface area (Å²) in [4.78, 5) is 23.0. The van der Waals surface area contributed by atoms with Crippen molar-refractivity contribution in [1.29, 1.82) is 0 Å². The van der Waals surface area contributed by atoms with Crippen LogP contribution in [0.3, 0.4) is 0 Å². The van der Waals surface area contributed by atoms with Gasteiger partial charge in [-0.2, -0.15) is 0 Å². The van der Waals surface area contributed by atoms with Crippen LogP contribution < -0.4 is 0 Å². The number of likely N-dealkylation sites (tertiary alicyclic amines) is 1. The minimum atomic E-state index is -0.119. The minimum absolute atomic E-state index is 0.000998. The number of carbonyl (C=O) groups excluding carboxylic acids is 1. The average Bonchev–Trinajstić information content (AvgIpc) is 3.06. The molecule has 0 N–H and O–H groups in total. The number of carbonyl (C=O) groups is 1. The quantitative estimate of drug-likeness (QED) is 0.853. The van der Waals surface area contributed by atoms with Gasteiger partial charge < -0.3 is 14.4 Å². The van der Waals surface area contributed by atoms with E-state index in [4.69, 9.17) is 9.47 Å². The van der Waals surface area contributed by atoms with Gasteiger partial charge in [0.1, 0.15) is 12.2 Å². The van der Waals surface area contributed by atoms with Crippen LogP contribution in [0.15, 0.2) is 49.1 Å². The molecule has 2 saturated heterocycles. The summed E-state index contributed by atoms with van der Waals surface area (Å²) in [5, 5.41) is 0. The number of nitrogens with zero attached hydrogens (tertiary/aromatic N) is 3. The Morgan fingerprint density at radius 2 is 2.08 bits per heavy atom. The molecule has 25 heavy (non-hydrogen) atoms. The number of ether oxygens (including phenoxy) is 2. The highest BCUT2D eigenvalue weighted by molar-refractivity contribution is 5.94. The van der Waals surface area contributed by atoms with Gasteiger partial charge in [-0.15, -0.1) is 0 Å². The van der Waals surface area contributed by atoms with Crippen molar-refractivity contribution in [2.24, 2.45) is 0 Å². The molecule has 2 aromatic rings. The molecule has 2 aromatic heterocycles. The van der Waals surface area contributed by atoms with Gasteiger partial charge in [0.2, 0.25) is 0 Å². The molecular weight excluding hydrogens is 318 g/mol. The van der Waals surface area contributed by atoms with Gasteiger partial charge in [-0.1, -0.05) is 6.07 Å². The van der Waals surface area contributed by atoms with E-state index in [1.807, 2.05) is 17.0 Å². The first kappa shape index (κ1) is 16.2. The molecule has 0 bridgehead atoms. The summed E-state index contributed by atoms with van der Waals surface area (Å²) in [6, 6.07) is 7.54. The van der Waals surface area contributed by atoms with E-state index in [2.05, 4.69) is 9.97 Å². The van der Waals surface area contributed by atoms with E-state index in [-0.39, 0.29) is 24.2 Å². The SMILES string of the molecule is O=C(c1cccnc1)N1C[C@@H](OCc2cccnc2)[C@H]2OCCC[C@@H]21. The van der Waals surface area contributed by atoms with Gasteiger partial charge in [0.05, 0.1) is 24.8 Å². The molecule has 2 aliphatic rings. The van der Waals surface area contributed by atoms with Crippen molar-refractivity contribution in [3.05, 3.63) is 60.2 Å². The van der Waals surface area contributed by atoms with E-state index >= 15 is 0 Å². The topological polar surface area (TPSA) is 64.6 Å². The Labute approximate surface area is 146 Å². The number of hydrogen-bond donors (Lipinski definition) is 0. The monoisotopic (exact) mass is 339 g/mol. The number of aromatic nitrogens is 2. The summed E-state index contributed by atoms with van der Waals surface area (Å²) in [5.74, 6) is 0.000998. The molecule has 0 radical (unpaired) electrons. The van der Waals surface area contributed by atoms with Crippen molar-refractivity contribution >= 4 is 5.91 Å². The fraction of sp³-hybridized carbons (Fsp3) is 0.421. The van der Waals surface area contributed by atoms with Crippen molar-refractivity contribution in [1.82, 2.24) is 14.9 Å². The molecule has 0 aromatic carbocycles. The number of rotatable bonds is 4. The van der Waals surface area contributed by atoms with E-state index in [1.54, 1.807) is 36.9 Å². The van der Waals surface area contributed by atoms with E-state index in [1.165, 1.54) is 0 Å². The Hall–Kier alpha value is -2.31. The highest BCUT2D eigenvalue weighted by Crippen LogP contribution is 2.32. The van der Waals surface area contributed by atoms with Gasteiger partial charge in [-0.05, 0) is 36.6 Å². The van der Waals surface area contributed by atoms with E-state index in [0.29, 0.717) is 18.7 Å². The standard InChI is InChI=1S/C19H21N3O3/c23-19(15-5-2-8-21-11-15)22-12-17(18-16(22)6-3-9-24-18)25-13-14-4-1-7-20-10-14/h1-2,4-5,7-8,10-11,16-18H,3,6,9,12-13H2/t16-,17+,18-/m0/s1. The van der Waals surface area contributed by atoms with Crippen LogP contribution in [-0.4, -0.2) is 52.2 Å². The largest absolute Gasteiger partial charge is 0.373 e. The smallest absolute Gasteiger partial charge is 0.255 e. The van der Waals surface area contributed by atoms with Crippen LogP contribution in [0.5, 0.6) is 0 Å². The Morgan fingerprint density at radius 3 is 2.84 bits per heavy atom. The predicted octanol–water partition coefficient (Wildman–Crippen LogP) is 2.07. The summed E-state index contributed by atoms with van der Waals surface area (Å²) in [5.41, 5.74) is 1.63.